The Kier molecular flexibility index (Phi) is 3.89. The van der Waals surface area contributed by atoms with Crippen LogP contribution < -0.4 is 5.73 Å². The summed E-state index contributed by atoms with van der Waals surface area (Å²) in [4.78, 5) is 0. The molecule has 1 saturated carbocycles. The van der Waals surface area contributed by atoms with Crippen LogP contribution in [0.25, 0.3) is 0 Å². The van der Waals surface area contributed by atoms with Crippen molar-refractivity contribution in [2.45, 2.75) is 69.9 Å². The molecule has 0 radical (unpaired) electrons. The average Bonchev–Trinajstić information content (AvgIpc) is 3.08. The largest absolute Gasteiger partial charge is 0.378 e. The Hall–Kier alpha value is -0.120. The van der Waals surface area contributed by atoms with Crippen LogP contribution in [0, 0.1) is 11.3 Å². The first kappa shape index (κ1) is 13.8. The fraction of sp³-hybridized carbons (Fsp3) is 1.00. The Bertz CT molecular complexity index is 306. The molecule has 110 valence electrons. The molecular formula is C16H29NO2. The van der Waals surface area contributed by atoms with Crippen LogP contribution in [-0.4, -0.2) is 31.5 Å². The van der Waals surface area contributed by atoms with Gasteiger partial charge < -0.3 is 15.2 Å². The summed E-state index contributed by atoms with van der Waals surface area (Å²) >= 11 is 0. The van der Waals surface area contributed by atoms with Gasteiger partial charge in [-0.05, 0) is 43.4 Å². The Labute approximate surface area is 117 Å². The van der Waals surface area contributed by atoms with E-state index in [0.717, 1.165) is 39.1 Å². The minimum absolute atomic E-state index is 0.00801. The van der Waals surface area contributed by atoms with Crippen LogP contribution in [0.4, 0.5) is 0 Å². The Balaban J connectivity index is 1.70. The molecule has 1 spiro atoms. The lowest BCUT2D eigenvalue weighted by molar-refractivity contribution is -0.108. The smallest absolute Gasteiger partial charge is 0.0939 e. The highest BCUT2D eigenvalue weighted by molar-refractivity contribution is 5.00. The molecule has 3 nitrogen and oxygen atoms in total. The molecular weight excluding hydrogens is 238 g/mol. The van der Waals surface area contributed by atoms with Gasteiger partial charge in [0, 0.05) is 25.7 Å². The standard InChI is InChI=1S/C16H29NO2/c1-2-15(6-3-4-7-15)14(17)13-5-9-19-16(11-13)8-10-18-12-16/h13-14H,2-12,17H2,1H3. The molecule has 1 aliphatic carbocycles. The van der Waals surface area contributed by atoms with Gasteiger partial charge in [-0.25, -0.2) is 0 Å². The number of nitrogens with two attached hydrogens (primary N) is 1. The summed E-state index contributed by atoms with van der Waals surface area (Å²) in [5.41, 5.74) is 7.18. The van der Waals surface area contributed by atoms with E-state index in [1.54, 1.807) is 0 Å². The van der Waals surface area contributed by atoms with Gasteiger partial charge in [0.1, 0.15) is 0 Å². The zero-order valence-corrected chi connectivity index (χ0v) is 12.3. The summed E-state index contributed by atoms with van der Waals surface area (Å²) in [5.74, 6) is 0.633. The minimum Gasteiger partial charge on any atom is -0.378 e. The van der Waals surface area contributed by atoms with Gasteiger partial charge in [-0.3, -0.25) is 0 Å². The van der Waals surface area contributed by atoms with Gasteiger partial charge in [-0.2, -0.15) is 0 Å². The molecule has 2 heterocycles. The van der Waals surface area contributed by atoms with Gasteiger partial charge in [0.05, 0.1) is 12.2 Å². The molecule has 3 rings (SSSR count). The van der Waals surface area contributed by atoms with E-state index in [1.165, 1.54) is 32.1 Å². The second-order valence-corrected chi connectivity index (χ2v) is 7.04. The SMILES string of the molecule is CCC1(C(N)C2CCOC3(CCOC3)C2)CCCC1. The fourth-order valence-electron chi connectivity index (χ4n) is 4.74. The molecule has 2 N–H and O–H groups in total. The molecule has 2 aliphatic heterocycles. The Morgan fingerprint density at radius 3 is 2.63 bits per heavy atom. The molecule has 0 amide bonds. The van der Waals surface area contributed by atoms with Crippen molar-refractivity contribution >= 4 is 0 Å². The van der Waals surface area contributed by atoms with E-state index >= 15 is 0 Å². The van der Waals surface area contributed by atoms with E-state index in [9.17, 15) is 0 Å². The maximum atomic E-state index is 6.75. The van der Waals surface area contributed by atoms with Gasteiger partial charge in [0.15, 0.2) is 0 Å². The van der Waals surface area contributed by atoms with Crippen molar-refractivity contribution in [3.05, 3.63) is 0 Å². The molecule has 3 aliphatic rings. The number of rotatable bonds is 3. The number of ether oxygens (including phenoxy) is 2. The van der Waals surface area contributed by atoms with E-state index < -0.39 is 0 Å². The molecule has 0 aromatic carbocycles. The summed E-state index contributed by atoms with van der Waals surface area (Å²) < 4.78 is 11.6. The summed E-state index contributed by atoms with van der Waals surface area (Å²) in [5, 5.41) is 0. The number of hydrogen-bond donors (Lipinski definition) is 1. The predicted octanol–water partition coefficient (Wildman–Crippen LogP) is 2.87. The lowest BCUT2D eigenvalue weighted by Crippen LogP contribution is -2.51. The first-order chi connectivity index (χ1) is 9.20. The lowest BCUT2D eigenvalue weighted by Gasteiger charge is -2.45. The highest BCUT2D eigenvalue weighted by Crippen LogP contribution is 2.48. The molecule has 3 fully saturated rings. The molecule has 0 aromatic rings. The fourth-order valence-corrected chi connectivity index (χ4v) is 4.74. The summed E-state index contributed by atoms with van der Waals surface area (Å²) in [6, 6.07) is 0.362. The molecule has 0 bridgehead atoms. The van der Waals surface area contributed by atoms with Gasteiger partial charge in [0.25, 0.3) is 0 Å². The summed E-state index contributed by atoms with van der Waals surface area (Å²) in [6.07, 6.45) is 10.0. The van der Waals surface area contributed by atoms with Crippen molar-refractivity contribution in [2.24, 2.45) is 17.1 Å². The first-order valence-corrected chi connectivity index (χ1v) is 8.17. The van der Waals surface area contributed by atoms with Crippen LogP contribution in [0.3, 0.4) is 0 Å². The topological polar surface area (TPSA) is 44.5 Å². The van der Waals surface area contributed by atoms with E-state index in [2.05, 4.69) is 6.92 Å². The van der Waals surface area contributed by atoms with Gasteiger partial charge >= 0.3 is 0 Å². The number of hydrogen-bond acceptors (Lipinski definition) is 3. The second-order valence-electron chi connectivity index (χ2n) is 7.04. The highest BCUT2D eigenvalue weighted by Gasteiger charge is 2.47. The molecule has 0 aromatic heterocycles. The predicted molar refractivity (Wildman–Crippen MR) is 76.0 cm³/mol. The van der Waals surface area contributed by atoms with Crippen molar-refractivity contribution in [3.63, 3.8) is 0 Å². The van der Waals surface area contributed by atoms with E-state index in [4.69, 9.17) is 15.2 Å². The molecule has 19 heavy (non-hydrogen) atoms. The molecule has 3 heteroatoms. The summed E-state index contributed by atoms with van der Waals surface area (Å²) in [6.45, 7) is 4.86. The van der Waals surface area contributed by atoms with Gasteiger partial charge in [-0.1, -0.05) is 19.8 Å². The Morgan fingerprint density at radius 1 is 1.21 bits per heavy atom. The van der Waals surface area contributed by atoms with E-state index in [-0.39, 0.29) is 5.60 Å². The summed E-state index contributed by atoms with van der Waals surface area (Å²) in [7, 11) is 0. The second kappa shape index (κ2) is 5.34. The van der Waals surface area contributed by atoms with Crippen molar-refractivity contribution in [1.82, 2.24) is 0 Å². The zero-order chi connectivity index (χ0) is 13.3. The van der Waals surface area contributed by atoms with Crippen LogP contribution in [-0.2, 0) is 9.47 Å². The van der Waals surface area contributed by atoms with Crippen LogP contribution >= 0.6 is 0 Å². The third kappa shape index (κ3) is 2.45. The van der Waals surface area contributed by atoms with E-state index in [1.807, 2.05) is 0 Å². The normalized spacial score (nSPS) is 39.8. The van der Waals surface area contributed by atoms with Crippen LogP contribution in [0.2, 0.25) is 0 Å². The minimum atomic E-state index is 0.00801. The third-order valence-electron chi connectivity index (χ3n) is 6.12. The maximum Gasteiger partial charge on any atom is 0.0939 e. The molecule has 3 unspecified atom stereocenters. The van der Waals surface area contributed by atoms with Gasteiger partial charge in [0.2, 0.25) is 0 Å². The van der Waals surface area contributed by atoms with Crippen LogP contribution in [0.5, 0.6) is 0 Å². The average molecular weight is 267 g/mol. The lowest BCUT2D eigenvalue weighted by atomic mass is 9.67. The first-order valence-electron chi connectivity index (χ1n) is 8.17. The maximum absolute atomic E-state index is 6.75. The van der Waals surface area contributed by atoms with E-state index in [0.29, 0.717) is 17.4 Å². The molecule has 2 saturated heterocycles. The quantitative estimate of drug-likeness (QED) is 0.855. The third-order valence-corrected chi connectivity index (χ3v) is 6.12. The van der Waals surface area contributed by atoms with Gasteiger partial charge in [-0.15, -0.1) is 0 Å². The Morgan fingerprint density at radius 2 is 2.00 bits per heavy atom. The van der Waals surface area contributed by atoms with Crippen LogP contribution in [0.1, 0.15) is 58.3 Å². The van der Waals surface area contributed by atoms with Crippen LogP contribution in [0.15, 0.2) is 0 Å². The van der Waals surface area contributed by atoms with Crippen molar-refractivity contribution in [3.8, 4) is 0 Å². The van der Waals surface area contributed by atoms with Crippen molar-refractivity contribution in [2.75, 3.05) is 19.8 Å². The van der Waals surface area contributed by atoms with Crippen molar-refractivity contribution in [1.29, 1.82) is 0 Å². The van der Waals surface area contributed by atoms with Crippen molar-refractivity contribution < 1.29 is 9.47 Å². The highest BCUT2D eigenvalue weighted by atomic mass is 16.6. The monoisotopic (exact) mass is 267 g/mol. The zero-order valence-electron chi connectivity index (χ0n) is 12.3. The molecule has 3 atom stereocenters.